The number of aliphatic hydroxyl groups is 1. The number of hydrogen-bond donors (Lipinski definition) is 1. The molecular weight excluding hydrogens is 352 g/mol. The predicted molar refractivity (Wildman–Crippen MR) is 101 cm³/mol. The predicted octanol–water partition coefficient (Wildman–Crippen LogP) is 2.11. The zero-order valence-corrected chi connectivity index (χ0v) is 16.0. The summed E-state index contributed by atoms with van der Waals surface area (Å²) in [6, 6.07) is 9.33. The van der Waals surface area contributed by atoms with Gasteiger partial charge in [0.25, 0.3) is 0 Å². The number of carbonyl (C=O) groups is 1. The van der Waals surface area contributed by atoms with Crippen LogP contribution in [-0.4, -0.2) is 57.8 Å². The monoisotopic (exact) mass is 376 g/mol. The van der Waals surface area contributed by atoms with Gasteiger partial charge in [-0.3, -0.25) is 9.48 Å². The first kappa shape index (κ1) is 18.9. The zero-order valence-electron chi connectivity index (χ0n) is 15.2. The third-order valence-corrected chi connectivity index (χ3v) is 4.74. The number of nitrogens with zero attached hydrogens (tertiary/aromatic N) is 4. The summed E-state index contributed by atoms with van der Waals surface area (Å²) in [5.41, 5.74) is 2.55. The number of carbonyl (C=O) groups excluding carboxylic acids is 1. The summed E-state index contributed by atoms with van der Waals surface area (Å²) in [6.07, 6.45) is 0.560. The molecule has 1 amide bonds. The Morgan fingerprint density at radius 2 is 2.15 bits per heavy atom. The van der Waals surface area contributed by atoms with Crippen molar-refractivity contribution in [3.63, 3.8) is 0 Å². The number of halogens is 1. The van der Waals surface area contributed by atoms with Crippen molar-refractivity contribution in [2.24, 2.45) is 0 Å². The van der Waals surface area contributed by atoms with Gasteiger partial charge in [0.05, 0.1) is 24.4 Å². The minimum absolute atomic E-state index is 0.0808. The highest BCUT2D eigenvalue weighted by atomic mass is 35.5. The molecule has 7 heteroatoms. The Balaban J connectivity index is 1.70. The van der Waals surface area contributed by atoms with Crippen LogP contribution in [0.4, 0.5) is 0 Å². The Labute approximate surface area is 159 Å². The molecule has 26 heavy (non-hydrogen) atoms. The van der Waals surface area contributed by atoms with Crippen molar-refractivity contribution >= 4 is 17.5 Å². The van der Waals surface area contributed by atoms with Crippen LogP contribution in [0.15, 0.2) is 30.3 Å². The molecule has 1 aliphatic heterocycles. The average Bonchev–Trinajstić information content (AvgIpc) is 2.86. The van der Waals surface area contributed by atoms with Gasteiger partial charge in [0.15, 0.2) is 0 Å². The molecule has 1 N–H and O–H groups in total. The topological polar surface area (TPSA) is 61.6 Å². The molecule has 2 heterocycles. The van der Waals surface area contributed by atoms with Crippen LogP contribution in [0.1, 0.15) is 29.5 Å². The lowest BCUT2D eigenvalue weighted by Gasteiger charge is -2.20. The van der Waals surface area contributed by atoms with Crippen molar-refractivity contribution in [2.75, 3.05) is 27.2 Å². The van der Waals surface area contributed by atoms with Crippen molar-refractivity contribution in [1.82, 2.24) is 19.6 Å². The van der Waals surface area contributed by atoms with Crippen LogP contribution >= 0.6 is 11.6 Å². The van der Waals surface area contributed by atoms with Gasteiger partial charge in [-0.05, 0) is 44.3 Å². The molecule has 140 valence electrons. The fourth-order valence-electron chi connectivity index (χ4n) is 3.23. The second-order valence-electron chi connectivity index (χ2n) is 7.04. The van der Waals surface area contributed by atoms with E-state index in [1.807, 2.05) is 52.8 Å². The maximum absolute atomic E-state index is 12.7. The SMILES string of the molecule is CN(C)C[C@@H](O)c1cc2n(n1)CCCN(C(=O)Cc1cccc(Cl)c1)C2. The first-order valence-corrected chi connectivity index (χ1v) is 9.22. The quantitative estimate of drug-likeness (QED) is 0.868. The maximum atomic E-state index is 12.7. The number of benzene rings is 1. The largest absolute Gasteiger partial charge is 0.385 e. The van der Waals surface area contributed by atoms with Gasteiger partial charge in [-0.25, -0.2) is 0 Å². The highest BCUT2D eigenvalue weighted by Crippen LogP contribution is 2.20. The Hall–Kier alpha value is -1.89. The number of aromatic nitrogens is 2. The van der Waals surface area contributed by atoms with Gasteiger partial charge in [-0.1, -0.05) is 23.7 Å². The third-order valence-electron chi connectivity index (χ3n) is 4.51. The minimum Gasteiger partial charge on any atom is -0.385 e. The van der Waals surface area contributed by atoms with E-state index in [-0.39, 0.29) is 5.91 Å². The van der Waals surface area contributed by atoms with Crippen LogP contribution in [0.25, 0.3) is 0 Å². The molecule has 2 aromatic rings. The standard InChI is InChI=1S/C19H25ClN4O2/c1-22(2)13-18(25)17-11-16-12-23(7-4-8-24(16)21-17)19(26)10-14-5-3-6-15(20)9-14/h3,5-6,9,11,18,25H,4,7-8,10,12-13H2,1-2H3/t18-/m1/s1. The van der Waals surface area contributed by atoms with E-state index in [4.69, 9.17) is 11.6 Å². The molecule has 3 rings (SSSR count). The van der Waals surface area contributed by atoms with Crippen molar-refractivity contribution in [3.05, 3.63) is 52.3 Å². The number of fused-ring (bicyclic) bond motifs is 1. The van der Waals surface area contributed by atoms with Gasteiger partial charge in [0.2, 0.25) is 5.91 Å². The van der Waals surface area contributed by atoms with Crippen molar-refractivity contribution < 1.29 is 9.90 Å². The summed E-state index contributed by atoms with van der Waals surface area (Å²) < 4.78 is 1.92. The van der Waals surface area contributed by atoms with Gasteiger partial charge in [0, 0.05) is 24.7 Å². The van der Waals surface area contributed by atoms with Crippen LogP contribution in [-0.2, 0) is 24.3 Å². The van der Waals surface area contributed by atoms with Gasteiger partial charge in [-0.2, -0.15) is 5.10 Å². The first-order chi connectivity index (χ1) is 12.4. The summed E-state index contributed by atoms with van der Waals surface area (Å²) in [5, 5.41) is 15.5. The number of likely N-dealkylation sites (N-methyl/N-ethyl adjacent to an activating group) is 1. The van der Waals surface area contributed by atoms with E-state index < -0.39 is 6.10 Å². The van der Waals surface area contributed by atoms with Crippen LogP contribution in [0, 0.1) is 0 Å². The number of rotatable bonds is 5. The lowest BCUT2D eigenvalue weighted by molar-refractivity contribution is -0.131. The average molecular weight is 377 g/mol. The molecule has 0 saturated carbocycles. The smallest absolute Gasteiger partial charge is 0.227 e. The first-order valence-electron chi connectivity index (χ1n) is 8.84. The van der Waals surface area contributed by atoms with Gasteiger partial charge in [-0.15, -0.1) is 0 Å². The van der Waals surface area contributed by atoms with E-state index in [0.717, 1.165) is 24.2 Å². The molecule has 1 aromatic heterocycles. The van der Waals surface area contributed by atoms with E-state index in [1.54, 1.807) is 6.07 Å². The number of aryl methyl sites for hydroxylation is 1. The van der Waals surface area contributed by atoms with Crippen molar-refractivity contribution in [2.45, 2.75) is 32.0 Å². The number of aliphatic hydroxyl groups excluding tert-OH is 1. The maximum Gasteiger partial charge on any atom is 0.227 e. The highest BCUT2D eigenvalue weighted by Gasteiger charge is 2.22. The second-order valence-corrected chi connectivity index (χ2v) is 7.47. The van der Waals surface area contributed by atoms with Gasteiger partial charge >= 0.3 is 0 Å². The molecule has 0 unspecified atom stereocenters. The Kier molecular flexibility index (Phi) is 5.96. The Bertz CT molecular complexity index is 775. The van der Waals surface area contributed by atoms with Gasteiger partial charge < -0.3 is 14.9 Å². The Morgan fingerprint density at radius 3 is 2.88 bits per heavy atom. The van der Waals surface area contributed by atoms with E-state index in [9.17, 15) is 9.90 Å². The van der Waals surface area contributed by atoms with Crippen molar-refractivity contribution in [1.29, 1.82) is 0 Å². The molecule has 0 saturated heterocycles. The van der Waals surface area contributed by atoms with Crippen molar-refractivity contribution in [3.8, 4) is 0 Å². The molecular formula is C19H25ClN4O2. The molecule has 1 aliphatic rings. The molecule has 1 aromatic carbocycles. The molecule has 0 aliphatic carbocycles. The summed E-state index contributed by atoms with van der Waals surface area (Å²) in [7, 11) is 3.83. The lowest BCUT2D eigenvalue weighted by Crippen LogP contribution is -2.32. The number of amides is 1. The van der Waals surface area contributed by atoms with Gasteiger partial charge in [0.1, 0.15) is 6.10 Å². The van der Waals surface area contributed by atoms with E-state index in [2.05, 4.69) is 5.10 Å². The third kappa shape index (κ3) is 4.63. The minimum atomic E-state index is -0.625. The molecule has 6 nitrogen and oxygen atoms in total. The Morgan fingerprint density at radius 1 is 1.35 bits per heavy atom. The van der Waals surface area contributed by atoms with E-state index in [1.165, 1.54) is 0 Å². The lowest BCUT2D eigenvalue weighted by atomic mass is 10.1. The van der Waals surface area contributed by atoms with Crippen LogP contribution in [0.3, 0.4) is 0 Å². The van der Waals surface area contributed by atoms with Crippen LogP contribution in [0.5, 0.6) is 0 Å². The molecule has 1 atom stereocenters. The molecule has 0 radical (unpaired) electrons. The zero-order chi connectivity index (χ0) is 18.7. The summed E-state index contributed by atoms with van der Waals surface area (Å²) in [6.45, 7) is 2.50. The summed E-state index contributed by atoms with van der Waals surface area (Å²) in [4.78, 5) is 16.5. The molecule has 0 bridgehead atoms. The normalized spacial score (nSPS) is 15.7. The van der Waals surface area contributed by atoms with E-state index >= 15 is 0 Å². The highest BCUT2D eigenvalue weighted by molar-refractivity contribution is 6.30. The van der Waals surface area contributed by atoms with Crippen LogP contribution < -0.4 is 0 Å². The fourth-order valence-corrected chi connectivity index (χ4v) is 3.45. The number of hydrogen-bond acceptors (Lipinski definition) is 4. The fraction of sp³-hybridized carbons (Fsp3) is 0.474. The summed E-state index contributed by atoms with van der Waals surface area (Å²) in [5.74, 6) is 0.0808. The second kappa shape index (κ2) is 8.20. The summed E-state index contributed by atoms with van der Waals surface area (Å²) >= 11 is 6.01. The molecule has 0 spiro atoms. The van der Waals surface area contributed by atoms with E-state index in [0.29, 0.717) is 36.8 Å². The molecule has 0 fully saturated rings. The van der Waals surface area contributed by atoms with Crippen LogP contribution in [0.2, 0.25) is 5.02 Å².